The number of carbonyl (C=O) groups excluding carboxylic acids is 1. The maximum atomic E-state index is 12.0. The van der Waals surface area contributed by atoms with Crippen molar-refractivity contribution < 1.29 is 13.2 Å². The minimum Gasteiger partial charge on any atom is -0.366 e. The number of nitrogens with two attached hydrogens (primary N) is 1. The van der Waals surface area contributed by atoms with E-state index in [1.165, 1.54) is 0 Å². The second-order valence-electron chi connectivity index (χ2n) is 7.02. The lowest BCUT2D eigenvalue weighted by Gasteiger charge is -2.10. The van der Waals surface area contributed by atoms with Crippen LogP contribution >= 0.6 is 0 Å². The number of aromatic amines is 1. The van der Waals surface area contributed by atoms with Crippen molar-refractivity contribution in [1.29, 1.82) is 0 Å². The van der Waals surface area contributed by atoms with E-state index in [1.807, 2.05) is 37.4 Å². The van der Waals surface area contributed by atoms with Crippen LogP contribution < -0.4 is 5.73 Å². The first-order chi connectivity index (χ1) is 12.3. The fraction of sp³-hybridized carbons (Fsp3) is 0.250. The minimum atomic E-state index is -2.99. The van der Waals surface area contributed by atoms with Crippen molar-refractivity contribution in [3.63, 3.8) is 0 Å². The lowest BCUT2D eigenvalue weighted by Crippen LogP contribution is -2.11. The number of carbonyl (C=O) groups is 1. The van der Waals surface area contributed by atoms with Crippen LogP contribution in [0.5, 0.6) is 0 Å². The molecule has 2 heterocycles. The Hall–Kier alpha value is -2.60. The van der Waals surface area contributed by atoms with E-state index in [0.717, 1.165) is 27.6 Å². The molecule has 0 saturated carbocycles. The largest absolute Gasteiger partial charge is 0.366 e. The van der Waals surface area contributed by atoms with E-state index in [-0.39, 0.29) is 17.4 Å². The molecule has 1 aliphatic rings. The number of benzene rings is 2. The summed E-state index contributed by atoms with van der Waals surface area (Å²) < 4.78 is 23.8. The lowest BCUT2D eigenvalue weighted by molar-refractivity contribution is 0.100. The number of fused-ring (bicyclic) bond motifs is 1. The van der Waals surface area contributed by atoms with Crippen molar-refractivity contribution in [3.05, 3.63) is 59.3 Å². The zero-order valence-electron chi connectivity index (χ0n) is 14.5. The number of aromatic nitrogens is 1. The number of sulfone groups is 1. The number of aryl methyl sites for hydroxylation is 1. The predicted octanol–water partition coefficient (Wildman–Crippen LogP) is 3.14. The number of nitrogens with one attached hydrogen (secondary N) is 1. The Morgan fingerprint density at radius 1 is 1.19 bits per heavy atom. The zero-order chi connectivity index (χ0) is 18.5. The smallest absolute Gasteiger partial charge is 0.250 e. The Bertz CT molecular complexity index is 1130. The summed E-state index contributed by atoms with van der Waals surface area (Å²) in [5.41, 5.74) is 10.7. The number of amides is 1. The van der Waals surface area contributed by atoms with Crippen molar-refractivity contribution in [2.75, 3.05) is 11.5 Å². The minimum absolute atomic E-state index is 0.0535. The number of H-pyrrole nitrogens is 1. The van der Waals surface area contributed by atoms with E-state index >= 15 is 0 Å². The van der Waals surface area contributed by atoms with E-state index in [1.54, 1.807) is 6.07 Å². The van der Waals surface area contributed by atoms with Crippen molar-refractivity contribution in [3.8, 4) is 11.1 Å². The third kappa shape index (κ3) is 2.90. The van der Waals surface area contributed by atoms with Gasteiger partial charge < -0.3 is 10.7 Å². The fourth-order valence-electron chi connectivity index (χ4n) is 3.82. The maximum absolute atomic E-state index is 12.0. The molecule has 4 rings (SSSR count). The molecule has 0 radical (unpaired) electrons. The normalized spacial score (nSPS) is 19.0. The molecule has 1 atom stereocenters. The molecule has 1 amide bonds. The summed E-state index contributed by atoms with van der Waals surface area (Å²) in [7, 11) is -2.99. The van der Waals surface area contributed by atoms with Gasteiger partial charge in [0, 0.05) is 17.5 Å². The topological polar surface area (TPSA) is 93.0 Å². The molecule has 1 fully saturated rings. The van der Waals surface area contributed by atoms with Gasteiger partial charge in [-0.05, 0) is 42.2 Å². The SMILES string of the molecule is Cc1cccc(-c2cc(C(N)=O)c3[nH]cc(C4CCS(=O)(=O)C4)c3c2)c1. The van der Waals surface area contributed by atoms with Crippen molar-refractivity contribution in [2.45, 2.75) is 19.3 Å². The van der Waals surface area contributed by atoms with Crippen LogP contribution in [-0.2, 0) is 9.84 Å². The second-order valence-corrected chi connectivity index (χ2v) is 9.25. The summed E-state index contributed by atoms with van der Waals surface area (Å²) >= 11 is 0. The van der Waals surface area contributed by atoms with Gasteiger partial charge in [-0.15, -0.1) is 0 Å². The zero-order valence-corrected chi connectivity index (χ0v) is 15.3. The Morgan fingerprint density at radius 3 is 2.65 bits per heavy atom. The monoisotopic (exact) mass is 368 g/mol. The molecule has 1 aliphatic heterocycles. The molecule has 1 unspecified atom stereocenters. The van der Waals surface area contributed by atoms with Crippen molar-refractivity contribution >= 4 is 26.6 Å². The van der Waals surface area contributed by atoms with Crippen LogP contribution in [0.25, 0.3) is 22.0 Å². The standard InChI is InChI=1S/C20H20N2O3S/c1-12-3-2-4-13(7-12)15-8-16-18(14-5-6-26(24,25)11-14)10-22-19(16)17(9-15)20(21)23/h2-4,7-10,14,22H,5-6,11H2,1H3,(H2,21,23). The van der Waals surface area contributed by atoms with E-state index < -0.39 is 15.7 Å². The Labute approximate surface area is 152 Å². The molecular weight excluding hydrogens is 348 g/mol. The first kappa shape index (κ1) is 16.8. The van der Waals surface area contributed by atoms with Gasteiger partial charge in [0.1, 0.15) is 0 Å². The average Bonchev–Trinajstić information content (AvgIpc) is 3.16. The number of rotatable bonds is 3. The van der Waals surface area contributed by atoms with E-state index in [2.05, 4.69) is 11.1 Å². The van der Waals surface area contributed by atoms with Crippen LogP contribution in [0.4, 0.5) is 0 Å². The molecule has 3 aromatic rings. The van der Waals surface area contributed by atoms with E-state index in [9.17, 15) is 13.2 Å². The highest BCUT2D eigenvalue weighted by atomic mass is 32.2. The van der Waals surface area contributed by atoms with E-state index in [0.29, 0.717) is 17.5 Å². The Balaban J connectivity index is 1.93. The Morgan fingerprint density at radius 2 is 2.00 bits per heavy atom. The summed E-state index contributed by atoms with van der Waals surface area (Å²) in [6.45, 7) is 2.02. The molecule has 1 saturated heterocycles. The van der Waals surface area contributed by atoms with Crippen LogP contribution in [0.3, 0.4) is 0 Å². The van der Waals surface area contributed by atoms with E-state index in [4.69, 9.17) is 5.73 Å². The van der Waals surface area contributed by atoms with Gasteiger partial charge in [-0.1, -0.05) is 29.8 Å². The van der Waals surface area contributed by atoms with Crippen LogP contribution in [-0.4, -0.2) is 30.8 Å². The molecule has 1 aromatic heterocycles. The third-order valence-corrected chi connectivity index (χ3v) is 6.88. The first-order valence-corrected chi connectivity index (χ1v) is 10.4. The summed E-state index contributed by atoms with van der Waals surface area (Å²) in [4.78, 5) is 15.1. The highest BCUT2D eigenvalue weighted by Gasteiger charge is 2.31. The van der Waals surface area contributed by atoms with Crippen LogP contribution in [0.15, 0.2) is 42.6 Å². The van der Waals surface area contributed by atoms with Gasteiger partial charge in [0.15, 0.2) is 9.84 Å². The highest BCUT2D eigenvalue weighted by Crippen LogP contribution is 2.37. The van der Waals surface area contributed by atoms with Crippen molar-refractivity contribution in [1.82, 2.24) is 4.98 Å². The summed E-state index contributed by atoms with van der Waals surface area (Å²) in [5, 5.41) is 0.875. The van der Waals surface area contributed by atoms with Gasteiger partial charge in [-0.3, -0.25) is 4.79 Å². The van der Waals surface area contributed by atoms with Crippen LogP contribution in [0.2, 0.25) is 0 Å². The van der Waals surface area contributed by atoms with Gasteiger partial charge in [-0.25, -0.2) is 8.42 Å². The molecule has 26 heavy (non-hydrogen) atoms. The van der Waals surface area contributed by atoms with Gasteiger partial charge >= 0.3 is 0 Å². The quantitative estimate of drug-likeness (QED) is 0.744. The molecule has 0 aliphatic carbocycles. The highest BCUT2D eigenvalue weighted by molar-refractivity contribution is 7.91. The number of hydrogen-bond donors (Lipinski definition) is 2. The number of primary amides is 1. The van der Waals surface area contributed by atoms with Gasteiger partial charge in [0.2, 0.25) is 0 Å². The second kappa shape index (κ2) is 5.99. The third-order valence-electron chi connectivity index (χ3n) is 5.11. The summed E-state index contributed by atoms with van der Waals surface area (Å²) in [6, 6.07) is 11.9. The molecular formula is C20H20N2O3S. The molecule has 2 aromatic carbocycles. The molecule has 3 N–H and O–H groups in total. The predicted molar refractivity (Wildman–Crippen MR) is 103 cm³/mol. The average molecular weight is 368 g/mol. The molecule has 0 spiro atoms. The Kier molecular flexibility index (Phi) is 3.88. The maximum Gasteiger partial charge on any atom is 0.250 e. The van der Waals surface area contributed by atoms with Gasteiger partial charge in [-0.2, -0.15) is 0 Å². The number of hydrogen-bond acceptors (Lipinski definition) is 3. The molecule has 0 bridgehead atoms. The molecule has 134 valence electrons. The molecule has 6 heteroatoms. The van der Waals surface area contributed by atoms with Crippen LogP contribution in [0.1, 0.15) is 33.8 Å². The lowest BCUT2D eigenvalue weighted by atomic mass is 9.93. The van der Waals surface area contributed by atoms with Gasteiger partial charge in [0.25, 0.3) is 5.91 Å². The fourth-order valence-corrected chi connectivity index (χ4v) is 5.59. The van der Waals surface area contributed by atoms with Crippen molar-refractivity contribution in [2.24, 2.45) is 5.73 Å². The van der Waals surface area contributed by atoms with Crippen LogP contribution in [0, 0.1) is 6.92 Å². The first-order valence-electron chi connectivity index (χ1n) is 8.56. The summed E-state index contributed by atoms with van der Waals surface area (Å²) in [5.74, 6) is -0.190. The molecule has 5 nitrogen and oxygen atoms in total. The summed E-state index contributed by atoms with van der Waals surface area (Å²) in [6.07, 6.45) is 2.43. The van der Waals surface area contributed by atoms with Gasteiger partial charge in [0.05, 0.1) is 22.6 Å².